The molecule has 0 unspecified atom stereocenters. The molecular formula is C28H27ClN4O4S. The van der Waals surface area contributed by atoms with E-state index < -0.39 is 0 Å². The second kappa shape index (κ2) is 11.4. The molecular weight excluding hydrogens is 524 g/mol. The average Bonchev–Trinajstić information content (AvgIpc) is 3.52. The first kappa shape index (κ1) is 26.0. The van der Waals surface area contributed by atoms with Crippen molar-refractivity contribution in [3.63, 3.8) is 0 Å². The maximum atomic E-state index is 12.9. The molecule has 0 saturated carbocycles. The lowest BCUT2D eigenvalue weighted by Crippen LogP contribution is -2.39. The van der Waals surface area contributed by atoms with Crippen LogP contribution in [0.15, 0.2) is 58.0 Å². The minimum atomic E-state index is -0.0711. The van der Waals surface area contributed by atoms with Crippen LogP contribution in [0.2, 0.25) is 5.02 Å². The molecule has 0 spiro atoms. The normalized spacial score (nSPS) is 14.2. The zero-order chi connectivity index (χ0) is 26.6. The monoisotopic (exact) mass is 550 g/mol. The number of rotatable bonds is 7. The van der Waals surface area contributed by atoms with E-state index in [0.29, 0.717) is 59.2 Å². The standard InChI is InChI=1S/C28H27ClN4O4S/c1-32(2)17-30-28-31-26(23(38-28)10-11-24(34)33-12-14-36-15-13-33)27-25(18-4-6-19(29)7-5-18)21-16-20(35-3)8-9-22(21)37-27/h4-11,16-17H,12-15H2,1-3H3/b11-10+,30-17+. The number of halogens is 1. The van der Waals surface area contributed by atoms with Gasteiger partial charge in [0.15, 0.2) is 5.76 Å². The number of carbonyl (C=O) groups excluding carboxylic acids is 1. The van der Waals surface area contributed by atoms with Crippen molar-refractivity contribution in [2.75, 3.05) is 47.5 Å². The summed E-state index contributed by atoms with van der Waals surface area (Å²) in [5.74, 6) is 1.22. The van der Waals surface area contributed by atoms with Crippen LogP contribution in [0.1, 0.15) is 4.88 Å². The van der Waals surface area contributed by atoms with E-state index in [1.807, 2.05) is 61.5 Å². The Balaban J connectivity index is 1.66. The maximum Gasteiger partial charge on any atom is 0.246 e. The Morgan fingerprint density at radius 1 is 1.18 bits per heavy atom. The number of amides is 1. The lowest BCUT2D eigenvalue weighted by molar-refractivity contribution is -0.129. The van der Waals surface area contributed by atoms with Crippen LogP contribution in [0.5, 0.6) is 5.75 Å². The molecule has 1 saturated heterocycles. The highest BCUT2D eigenvalue weighted by Gasteiger charge is 2.24. The lowest BCUT2D eigenvalue weighted by atomic mass is 10.00. The van der Waals surface area contributed by atoms with Crippen molar-refractivity contribution >= 4 is 57.4 Å². The fourth-order valence-electron chi connectivity index (χ4n) is 4.13. The van der Waals surface area contributed by atoms with E-state index in [0.717, 1.165) is 21.4 Å². The molecule has 0 atom stereocenters. The summed E-state index contributed by atoms with van der Waals surface area (Å²) in [6, 6.07) is 13.3. The second-order valence-corrected chi connectivity index (χ2v) is 10.3. The van der Waals surface area contributed by atoms with E-state index in [2.05, 4.69) is 4.99 Å². The van der Waals surface area contributed by atoms with Gasteiger partial charge in [0.05, 0.1) is 31.5 Å². The summed E-state index contributed by atoms with van der Waals surface area (Å²) in [5, 5.41) is 2.07. The first-order valence-corrected chi connectivity index (χ1v) is 13.3. The number of hydrogen-bond donors (Lipinski definition) is 0. The molecule has 0 aliphatic carbocycles. The summed E-state index contributed by atoms with van der Waals surface area (Å²) in [6.07, 6.45) is 5.06. The third-order valence-electron chi connectivity index (χ3n) is 5.98. The number of carbonyl (C=O) groups is 1. The Morgan fingerprint density at radius 3 is 2.66 bits per heavy atom. The molecule has 196 valence electrons. The molecule has 38 heavy (non-hydrogen) atoms. The summed E-state index contributed by atoms with van der Waals surface area (Å²) in [6.45, 7) is 2.23. The summed E-state index contributed by atoms with van der Waals surface area (Å²) < 4.78 is 17.3. The van der Waals surface area contributed by atoms with Crippen molar-refractivity contribution < 1.29 is 18.7 Å². The molecule has 1 fully saturated rings. The number of hydrogen-bond acceptors (Lipinski definition) is 7. The van der Waals surface area contributed by atoms with Crippen LogP contribution in [0.3, 0.4) is 0 Å². The molecule has 4 aromatic rings. The lowest BCUT2D eigenvalue weighted by Gasteiger charge is -2.25. The van der Waals surface area contributed by atoms with Crippen molar-refractivity contribution in [3.05, 3.63) is 58.4 Å². The fraction of sp³-hybridized carbons (Fsp3) is 0.250. The highest BCUT2D eigenvalue weighted by molar-refractivity contribution is 7.16. The average molecular weight is 551 g/mol. The van der Waals surface area contributed by atoms with Gasteiger partial charge in [-0.25, -0.2) is 9.98 Å². The van der Waals surface area contributed by atoms with Crippen LogP contribution in [-0.4, -0.2) is 74.5 Å². The van der Waals surface area contributed by atoms with E-state index in [1.54, 1.807) is 30.5 Å². The number of methoxy groups -OCH3 is 1. The topological polar surface area (TPSA) is 80.4 Å². The van der Waals surface area contributed by atoms with Crippen LogP contribution in [0, 0.1) is 0 Å². The molecule has 0 bridgehead atoms. The number of aromatic nitrogens is 1. The summed E-state index contributed by atoms with van der Waals surface area (Å²) in [5.41, 5.74) is 3.07. The van der Waals surface area contributed by atoms with E-state index in [9.17, 15) is 4.79 Å². The van der Waals surface area contributed by atoms with Crippen molar-refractivity contribution in [1.29, 1.82) is 0 Å². The number of nitrogens with zero attached hydrogens (tertiary/aromatic N) is 4. The fourth-order valence-corrected chi connectivity index (χ4v) is 5.06. The molecule has 2 aromatic carbocycles. The largest absolute Gasteiger partial charge is 0.497 e. The van der Waals surface area contributed by atoms with Gasteiger partial charge in [-0.15, -0.1) is 0 Å². The maximum absolute atomic E-state index is 12.9. The minimum Gasteiger partial charge on any atom is -0.497 e. The molecule has 10 heteroatoms. The van der Waals surface area contributed by atoms with E-state index in [4.69, 9.17) is 30.5 Å². The van der Waals surface area contributed by atoms with Gasteiger partial charge in [0.2, 0.25) is 11.0 Å². The van der Waals surface area contributed by atoms with Gasteiger partial charge in [0, 0.05) is 49.2 Å². The highest BCUT2D eigenvalue weighted by Crippen LogP contribution is 2.45. The van der Waals surface area contributed by atoms with Crippen molar-refractivity contribution in [3.8, 4) is 28.3 Å². The van der Waals surface area contributed by atoms with E-state index in [1.165, 1.54) is 11.3 Å². The number of furan rings is 1. The molecule has 5 rings (SSSR count). The number of thiazole rings is 1. The van der Waals surface area contributed by atoms with Gasteiger partial charge in [0.25, 0.3) is 0 Å². The van der Waals surface area contributed by atoms with Crippen molar-refractivity contribution in [2.45, 2.75) is 0 Å². The number of morpholine rings is 1. The van der Waals surface area contributed by atoms with Gasteiger partial charge in [0.1, 0.15) is 17.0 Å². The molecule has 1 amide bonds. The second-order valence-electron chi connectivity index (χ2n) is 8.86. The Morgan fingerprint density at radius 2 is 1.95 bits per heavy atom. The number of benzene rings is 2. The van der Waals surface area contributed by atoms with Crippen LogP contribution >= 0.6 is 22.9 Å². The van der Waals surface area contributed by atoms with Gasteiger partial charge < -0.3 is 23.7 Å². The van der Waals surface area contributed by atoms with Gasteiger partial charge >= 0.3 is 0 Å². The zero-order valence-electron chi connectivity index (χ0n) is 21.3. The zero-order valence-corrected chi connectivity index (χ0v) is 22.9. The quantitative estimate of drug-likeness (QED) is 0.160. The number of fused-ring (bicyclic) bond motifs is 1. The molecule has 8 nitrogen and oxygen atoms in total. The smallest absolute Gasteiger partial charge is 0.246 e. The molecule has 3 heterocycles. The van der Waals surface area contributed by atoms with Crippen LogP contribution < -0.4 is 4.74 Å². The van der Waals surface area contributed by atoms with Gasteiger partial charge in [-0.1, -0.05) is 35.1 Å². The van der Waals surface area contributed by atoms with Gasteiger partial charge in [-0.2, -0.15) is 0 Å². The third-order valence-corrected chi connectivity index (χ3v) is 7.16. The first-order chi connectivity index (χ1) is 18.4. The van der Waals surface area contributed by atoms with Gasteiger partial charge in [-0.05, 0) is 42.0 Å². The van der Waals surface area contributed by atoms with Crippen molar-refractivity contribution in [2.24, 2.45) is 4.99 Å². The SMILES string of the molecule is COc1ccc2oc(-c3nc(/N=C/N(C)C)sc3/C=C/C(=O)N3CCOCC3)c(-c3ccc(Cl)cc3)c2c1. The van der Waals surface area contributed by atoms with E-state index >= 15 is 0 Å². The number of ether oxygens (including phenoxy) is 2. The Labute approximate surface area is 229 Å². The van der Waals surface area contributed by atoms with Crippen LogP contribution in [0.4, 0.5) is 5.13 Å². The summed E-state index contributed by atoms with van der Waals surface area (Å²) >= 11 is 7.58. The molecule has 2 aromatic heterocycles. The van der Waals surface area contributed by atoms with E-state index in [-0.39, 0.29) is 5.91 Å². The highest BCUT2D eigenvalue weighted by atomic mass is 35.5. The predicted molar refractivity (Wildman–Crippen MR) is 153 cm³/mol. The third kappa shape index (κ3) is 5.60. The van der Waals surface area contributed by atoms with Crippen molar-refractivity contribution in [1.82, 2.24) is 14.8 Å². The summed E-state index contributed by atoms with van der Waals surface area (Å²) in [4.78, 5) is 26.6. The molecule has 1 aliphatic heterocycles. The molecule has 0 radical (unpaired) electrons. The van der Waals surface area contributed by atoms with Gasteiger partial charge in [-0.3, -0.25) is 4.79 Å². The van der Waals surface area contributed by atoms with Crippen LogP contribution in [0.25, 0.3) is 39.6 Å². The Bertz CT molecular complexity index is 1500. The Kier molecular flexibility index (Phi) is 7.78. The van der Waals surface area contributed by atoms with Crippen LogP contribution in [-0.2, 0) is 9.53 Å². The minimum absolute atomic E-state index is 0.0711. The number of aliphatic imine (C=N–C) groups is 1. The summed E-state index contributed by atoms with van der Waals surface area (Å²) in [7, 11) is 5.42. The Hall–Kier alpha value is -3.66. The predicted octanol–water partition coefficient (Wildman–Crippen LogP) is 5.98. The first-order valence-electron chi connectivity index (χ1n) is 12.1. The molecule has 1 aliphatic rings. The molecule has 0 N–H and O–H groups in total.